The third-order valence-corrected chi connectivity index (χ3v) is 6.30. The van der Waals surface area contributed by atoms with Crippen molar-refractivity contribution in [2.24, 2.45) is 11.8 Å². The molecule has 0 saturated carbocycles. The van der Waals surface area contributed by atoms with E-state index in [4.69, 9.17) is 16.3 Å². The van der Waals surface area contributed by atoms with Crippen molar-refractivity contribution >= 4 is 35.1 Å². The third-order valence-electron chi connectivity index (χ3n) is 6.05. The molecule has 1 aliphatic heterocycles. The average molecular weight is 467 g/mol. The molecule has 2 aromatic carbocycles. The predicted octanol–water partition coefficient (Wildman–Crippen LogP) is 3.93. The molecule has 7 nitrogen and oxygen atoms in total. The van der Waals surface area contributed by atoms with Crippen LogP contribution < -0.4 is 4.74 Å². The second kappa shape index (κ2) is 9.19. The van der Waals surface area contributed by atoms with E-state index in [-0.39, 0.29) is 5.56 Å². The number of carbonyl (C=O) groups is 4. The standard InChI is InChI=1S/C25H23ClN2O5/c1-15-6-11-20-21(12-15)25(32)28(24(20)31)27(23(30)16-7-9-18(26)10-8-16)14-22(29)17-4-3-5-19(13-17)33-2/h3-10,13,20-21H,11-12,14H2,1-2H3/t20-,21-/m0/s1. The number of rotatable bonds is 6. The first-order valence-electron chi connectivity index (χ1n) is 10.6. The van der Waals surface area contributed by atoms with Gasteiger partial charge in [0, 0.05) is 16.1 Å². The number of imide groups is 1. The Hall–Kier alpha value is -3.45. The Labute approximate surface area is 196 Å². The molecule has 3 amide bonds. The highest BCUT2D eigenvalue weighted by atomic mass is 35.5. The SMILES string of the molecule is COc1cccc(C(=O)CN(C(=O)c2ccc(Cl)cc2)N2C(=O)[C@H]3CC=C(C)C[C@@H]3C2=O)c1. The number of hydrazine groups is 1. The fourth-order valence-corrected chi connectivity index (χ4v) is 4.38. The molecule has 0 unspecified atom stereocenters. The van der Waals surface area contributed by atoms with Crippen molar-refractivity contribution < 1.29 is 23.9 Å². The van der Waals surface area contributed by atoms with Crippen molar-refractivity contribution in [3.8, 4) is 5.75 Å². The Bertz CT molecular complexity index is 1160. The van der Waals surface area contributed by atoms with Gasteiger partial charge in [0.15, 0.2) is 5.78 Å². The van der Waals surface area contributed by atoms with Crippen LogP contribution >= 0.6 is 11.6 Å². The number of ketones is 1. The summed E-state index contributed by atoms with van der Waals surface area (Å²) >= 11 is 5.94. The zero-order valence-corrected chi connectivity index (χ0v) is 19.0. The number of fused-ring (bicyclic) bond motifs is 1. The van der Waals surface area contributed by atoms with E-state index in [0.717, 1.165) is 15.6 Å². The number of benzene rings is 2. The van der Waals surface area contributed by atoms with Gasteiger partial charge >= 0.3 is 0 Å². The lowest BCUT2D eigenvalue weighted by Crippen LogP contribution is -2.52. The Morgan fingerprint density at radius 3 is 2.45 bits per heavy atom. The summed E-state index contributed by atoms with van der Waals surface area (Å²) in [5, 5.41) is 2.27. The zero-order chi connectivity index (χ0) is 23.7. The third kappa shape index (κ3) is 4.41. The first-order chi connectivity index (χ1) is 15.8. The van der Waals surface area contributed by atoms with Crippen LogP contribution in [-0.4, -0.2) is 47.2 Å². The molecule has 1 aliphatic carbocycles. The van der Waals surface area contributed by atoms with Gasteiger partial charge in [0.1, 0.15) is 12.3 Å². The van der Waals surface area contributed by atoms with Crippen LogP contribution in [0.2, 0.25) is 5.02 Å². The maximum Gasteiger partial charge on any atom is 0.273 e. The summed E-state index contributed by atoms with van der Waals surface area (Å²) in [5.74, 6) is -2.57. The van der Waals surface area contributed by atoms with E-state index in [1.807, 2.05) is 13.0 Å². The van der Waals surface area contributed by atoms with Gasteiger partial charge < -0.3 is 4.74 Å². The van der Waals surface area contributed by atoms with Gasteiger partial charge in [-0.3, -0.25) is 19.2 Å². The predicted molar refractivity (Wildman–Crippen MR) is 122 cm³/mol. The molecule has 1 heterocycles. The number of allylic oxidation sites excluding steroid dienone is 2. The Kier molecular flexibility index (Phi) is 6.33. The molecule has 1 fully saturated rings. The molecular weight excluding hydrogens is 444 g/mol. The monoisotopic (exact) mass is 466 g/mol. The summed E-state index contributed by atoms with van der Waals surface area (Å²) in [7, 11) is 1.49. The molecule has 8 heteroatoms. The van der Waals surface area contributed by atoms with Crippen LogP contribution in [0.4, 0.5) is 0 Å². The van der Waals surface area contributed by atoms with E-state index < -0.39 is 41.9 Å². The minimum absolute atomic E-state index is 0.211. The highest BCUT2D eigenvalue weighted by Gasteiger charge is 2.51. The number of ether oxygens (including phenoxy) is 1. The summed E-state index contributed by atoms with van der Waals surface area (Å²) < 4.78 is 5.18. The van der Waals surface area contributed by atoms with Gasteiger partial charge in [0.25, 0.3) is 17.7 Å². The van der Waals surface area contributed by atoms with Crippen molar-refractivity contribution in [3.63, 3.8) is 0 Å². The largest absolute Gasteiger partial charge is 0.497 e. The minimum atomic E-state index is -0.632. The van der Waals surface area contributed by atoms with E-state index in [2.05, 4.69) is 0 Å². The summed E-state index contributed by atoms with van der Waals surface area (Å²) in [6, 6.07) is 12.6. The maximum absolute atomic E-state index is 13.4. The molecule has 4 rings (SSSR count). The smallest absolute Gasteiger partial charge is 0.273 e. The normalized spacial score (nSPS) is 19.7. The number of carbonyl (C=O) groups excluding carboxylic acids is 4. The van der Waals surface area contributed by atoms with Crippen LogP contribution in [0.3, 0.4) is 0 Å². The van der Waals surface area contributed by atoms with Crippen LogP contribution in [0.25, 0.3) is 0 Å². The highest BCUT2D eigenvalue weighted by molar-refractivity contribution is 6.30. The molecule has 170 valence electrons. The second-order valence-electron chi connectivity index (χ2n) is 8.22. The number of hydrogen-bond acceptors (Lipinski definition) is 5. The number of methoxy groups -OCH3 is 1. The fourth-order valence-electron chi connectivity index (χ4n) is 4.26. The van der Waals surface area contributed by atoms with Crippen molar-refractivity contribution in [3.05, 3.63) is 76.3 Å². The molecular formula is C25H23ClN2O5. The molecule has 2 aromatic rings. The van der Waals surface area contributed by atoms with Crippen molar-refractivity contribution in [1.82, 2.24) is 10.0 Å². The van der Waals surface area contributed by atoms with Gasteiger partial charge in [-0.15, -0.1) is 0 Å². The lowest BCUT2D eigenvalue weighted by molar-refractivity contribution is -0.154. The summed E-state index contributed by atoms with van der Waals surface area (Å²) in [6.07, 6.45) is 2.84. The van der Waals surface area contributed by atoms with Crippen LogP contribution in [0, 0.1) is 11.8 Å². The average Bonchev–Trinajstić information content (AvgIpc) is 3.06. The van der Waals surface area contributed by atoms with Gasteiger partial charge in [-0.1, -0.05) is 35.4 Å². The zero-order valence-electron chi connectivity index (χ0n) is 18.3. The van der Waals surface area contributed by atoms with Crippen LogP contribution in [0.5, 0.6) is 5.75 Å². The number of hydrogen-bond donors (Lipinski definition) is 0. The number of amides is 3. The molecule has 0 N–H and O–H groups in total. The molecule has 2 aliphatic rings. The maximum atomic E-state index is 13.4. The van der Waals surface area contributed by atoms with E-state index in [1.165, 1.54) is 31.4 Å². The molecule has 0 spiro atoms. The van der Waals surface area contributed by atoms with Crippen LogP contribution in [0.1, 0.15) is 40.5 Å². The van der Waals surface area contributed by atoms with E-state index >= 15 is 0 Å². The number of Topliss-reactive ketones (excluding diaryl/α,β-unsaturated/α-hetero) is 1. The van der Waals surface area contributed by atoms with Crippen molar-refractivity contribution in [2.75, 3.05) is 13.7 Å². The van der Waals surface area contributed by atoms with E-state index in [9.17, 15) is 19.2 Å². The lowest BCUT2D eigenvalue weighted by Gasteiger charge is -2.30. The van der Waals surface area contributed by atoms with Crippen LogP contribution in [0.15, 0.2) is 60.2 Å². The van der Waals surface area contributed by atoms with Gasteiger partial charge in [0.05, 0.1) is 18.9 Å². The highest BCUT2D eigenvalue weighted by Crippen LogP contribution is 2.38. The fraction of sp³-hybridized carbons (Fsp3) is 0.280. The molecule has 1 saturated heterocycles. The summed E-state index contributed by atoms with van der Waals surface area (Å²) in [6.45, 7) is 1.44. The Morgan fingerprint density at radius 2 is 1.76 bits per heavy atom. The lowest BCUT2D eigenvalue weighted by atomic mass is 9.82. The Balaban J connectivity index is 1.69. The topological polar surface area (TPSA) is 84.0 Å². The quantitative estimate of drug-likeness (QED) is 0.366. The first-order valence-corrected chi connectivity index (χ1v) is 11.0. The summed E-state index contributed by atoms with van der Waals surface area (Å²) in [5.41, 5.74) is 1.54. The molecule has 33 heavy (non-hydrogen) atoms. The van der Waals surface area contributed by atoms with E-state index in [0.29, 0.717) is 29.2 Å². The molecule has 0 radical (unpaired) electrons. The van der Waals surface area contributed by atoms with Gasteiger partial charge in [-0.2, -0.15) is 5.01 Å². The second-order valence-corrected chi connectivity index (χ2v) is 8.65. The van der Waals surface area contributed by atoms with Gasteiger partial charge in [0.2, 0.25) is 0 Å². The first kappa shape index (κ1) is 22.7. The van der Waals surface area contributed by atoms with E-state index in [1.54, 1.807) is 24.3 Å². The Morgan fingerprint density at radius 1 is 1.06 bits per heavy atom. The minimum Gasteiger partial charge on any atom is -0.497 e. The van der Waals surface area contributed by atoms with Gasteiger partial charge in [-0.05, 0) is 56.2 Å². The number of nitrogens with zero attached hydrogens (tertiary/aromatic N) is 2. The molecule has 0 aromatic heterocycles. The molecule has 0 bridgehead atoms. The summed E-state index contributed by atoms with van der Waals surface area (Å²) in [4.78, 5) is 53.1. The van der Waals surface area contributed by atoms with Crippen molar-refractivity contribution in [2.45, 2.75) is 19.8 Å². The van der Waals surface area contributed by atoms with Gasteiger partial charge in [-0.25, -0.2) is 5.01 Å². The molecule has 2 atom stereocenters. The van der Waals surface area contributed by atoms with Crippen molar-refractivity contribution in [1.29, 1.82) is 0 Å². The van der Waals surface area contributed by atoms with Crippen LogP contribution in [-0.2, 0) is 9.59 Å². The number of halogens is 1.